The molecule has 0 aliphatic carbocycles. The normalized spacial score (nSPS) is 12.7. The van der Waals surface area contributed by atoms with Crippen molar-refractivity contribution in [3.8, 4) is 44.5 Å². The summed E-state index contributed by atoms with van der Waals surface area (Å²) >= 11 is 0. The van der Waals surface area contributed by atoms with Crippen molar-refractivity contribution in [1.82, 2.24) is 39.9 Å². The molecule has 0 aliphatic rings. The maximum Gasteiger partial charge on any atom is 0.258 e. The summed E-state index contributed by atoms with van der Waals surface area (Å²) < 4.78 is 0. The van der Waals surface area contributed by atoms with Gasteiger partial charge in [0.25, 0.3) is 44.5 Å². The molecular formula is C92H42N8O8. The zero-order valence-corrected chi connectivity index (χ0v) is 55.9. The van der Waals surface area contributed by atoms with Crippen molar-refractivity contribution in [1.29, 1.82) is 0 Å². The van der Waals surface area contributed by atoms with Gasteiger partial charge in [-0.2, -0.15) is 0 Å². The summed E-state index contributed by atoms with van der Waals surface area (Å²) in [6, 6.07) is 70.4. The third-order valence-corrected chi connectivity index (χ3v) is 23.8. The Morgan fingerprint density at radius 2 is 0.315 bits per heavy atom. The van der Waals surface area contributed by atoms with Crippen LogP contribution in [-0.2, 0) is 0 Å². The van der Waals surface area contributed by atoms with E-state index in [0.29, 0.717) is 153 Å². The van der Waals surface area contributed by atoms with E-state index in [0.717, 1.165) is 108 Å². The van der Waals surface area contributed by atoms with Crippen LogP contribution >= 0.6 is 0 Å². The second-order valence-electron chi connectivity index (χ2n) is 28.8. The van der Waals surface area contributed by atoms with Gasteiger partial charge in [0, 0.05) is 130 Å². The smallest absolute Gasteiger partial charge is 0.258 e. The van der Waals surface area contributed by atoms with Crippen LogP contribution in [0.1, 0.15) is 0 Å². The first-order valence-electron chi connectivity index (χ1n) is 35.5. The molecule has 8 heterocycles. The minimum Gasteiger partial charge on any atom is -0.353 e. The molecule has 16 heteroatoms. The largest absolute Gasteiger partial charge is 0.353 e. The van der Waals surface area contributed by atoms with Crippen molar-refractivity contribution in [2.45, 2.75) is 0 Å². The van der Waals surface area contributed by atoms with Gasteiger partial charge in [0.1, 0.15) is 0 Å². The first-order valence-corrected chi connectivity index (χ1v) is 35.5. The summed E-state index contributed by atoms with van der Waals surface area (Å²) in [4.78, 5) is 146. The molecule has 498 valence electrons. The Morgan fingerprint density at radius 1 is 0.157 bits per heavy atom. The molecule has 0 saturated carbocycles. The highest BCUT2D eigenvalue weighted by atomic mass is 16.2. The lowest BCUT2D eigenvalue weighted by atomic mass is 9.98. The molecule has 0 unspecified atom stereocenters. The Balaban J connectivity index is 1.08. The lowest BCUT2D eigenvalue weighted by Crippen LogP contribution is -2.19. The van der Waals surface area contributed by atoms with Gasteiger partial charge in [-0.3, -0.25) is 58.3 Å². The predicted octanol–water partition coefficient (Wildman–Crippen LogP) is 17.7. The second kappa shape index (κ2) is 19.6. The highest BCUT2D eigenvalue weighted by Gasteiger charge is 2.33. The molecule has 0 fully saturated rings. The van der Waals surface area contributed by atoms with Gasteiger partial charge in [-0.25, -0.2) is 9.97 Å². The fourth-order valence-electron chi connectivity index (χ4n) is 19.7. The second-order valence-corrected chi connectivity index (χ2v) is 28.8. The highest BCUT2D eigenvalue weighted by Crippen LogP contribution is 2.57. The van der Waals surface area contributed by atoms with Crippen LogP contribution in [0.25, 0.3) is 261 Å². The van der Waals surface area contributed by atoms with Gasteiger partial charge in [0.15, 0.2) is 0 Å². The lowest BCUT2D eigenvalue weighted by Gasteiger charge is -2.09. The quantitative estimate of drug-likeness (QED) is 0.0971. The van der Waals surface area contributed by atoms with Gasteiger partial charge in [0.2, 0.25) is 0 Å². The summed E-state index contributed by atoms with van der Waals surface area (Å²) in [5.41, 5.74) is 6.20. The summed E-state index contributed by atoms with van der Waals surface area (Å²) in [7, 11) is 0. The third-order valence-electron chi connectivity index (χ3n) is 23.8. The minimum atomic E-state index is -0.517. The molecule has 25 aromatic rings. The maximum absolute atomic E-state index is 14.3. The number of aromatic nitrogens is 8. The topological polar surface area (TPSA) is 257 Å². The molecule has 8 bridgehead atoms. The van der Waals surface area contributed by atoms with E-state index in [-0.39, 0.29) is 0 Å². The third kappa shape index (κ3) is 6.78. The van der Waals surface area contributed by atoms with E-state index in [9.17, 15) is 38.4 Å². The lowest BCUT2D eigenvalue weighted by molar-refractivity contribution is 1.22. The molecule has 25 rings (SSSR count). The van der Waals surface area contributed by atoms with Crippen molar-refractivity contribution in [2.75, 3.05) is 0 Å². The fourth-order valence-corrected chi connectivity index (χ4v) is 19.7. The molecule has 17 aromatic carbocycles. The van der Waals surface area contributed by atoms with Crippen molar-refractivity contribution in [3.05, 3.63) is 301 Å². The van der Waals surface area contributed by atoms with Crippen LogP contribution in [0.15, 0.2) is 257 Å². The Morgan fingerprint density at radius 3 is 0.500 bits per heavy atom. The number of hydrogen-bond donors (Lipinski definition) is 6. The number of pyridine rings is 4. The van der Waals surface area contributed by atoms with Crippen LogP contribution in [0.5, 0.6) is 0 Å². The van der Waals surface area contributed by atoms with E-state index < -0.39 is 44.5 Å². The van der Waals surface area contributed by atoms with E-state index in [1.54, 1.807) is 48.5 Å². The summed E-state index contributed by atoms with van der Waals surface area (Å²) in [6.45, 7) is 0. The van der Waals surface area contributed by atoms with Crippen molar-refractivity contribution in [3.63, 3.8) is 0 Å². The van der Waals surface area contributed by atoms with Crippen LogP contribution in [0.4, 0.5) is 0 Å². The minimum absolute atomic E-state index is 0.347. The van der Waals surface area contributed by atoms with Crippen LogP contribution in [0.3, 0.4) is 0 Å². The average Bonchev–Trinajstić information content (AvgIpc) is 1.51. The Labute approximate surface area is 598 Å². The fraction of sp³-hybridized carbons (Fsp3) is 0. The highest BCUT2D eigenvalue weighted by molar-refractivity contribution is 6.50. The average molecular weight is 1390 g/mol. The molecule has 8 aromatic heterocycles. The number of nitrogens with zero attached hydrogens (tertiary/aromatic N) is 2. The summed E-state index contributed by atoms with van der Waals surface area (Å²) in [6.07, 6.45) is 0. The van der Waals surface area contributed by atoms with E-state index in [1.165, 1.54) is 0 Å². The van der Waals surface area contributed by atoms with Crippen molar-refractivity contribution in [2.24, 2.45) is 0 Å². The molecule has 6 N–H and O–H groups in total. The number of nitrogens with one attached hydrogen (secondary N) is 6. The van der Waals surface area contributed by atoms with Gasteiger partial charge in [-0.05, 0) is 135 Å². The molecule has 0 saturated heterocycles. The Kier molecular flexibility index (Phi) is 10.4. The Bertz CT molecular complexity index is 7650. The van der Waals surface area contributed by atoms with Crippen LogP contribution < -0.4 is 44.5 Å². The molecule has 0 spiro atoms. The van der Waals surface area contributed by atoms with Gasteiger partial charge >= 0.3 is 0 Å². The predicted molar refractivity (Wildman–Crippen MR) is 437 cm³/mol. The van der Waals surface area contributed by atoms with E-state index in [4.69, 9.17) is 9.97 Å². The van der Waals surface area contributed by atoms with Crippen LogP contribution in [0.2, 0.25) is 0 Å². The van der Waals surface area contributed by atoms with Gasteiger partial charge in [0.05, 0.1) is 44.1 Å². The first kappa shape index (κ1) is 57.4. The number of rotatable bonds is 4. The van der Waals surface area contributed by atoms with E-state index >= 15 is 0 Å². The van der Waals surface area contributed by atoms with Crippen LogP contribution in [-0.4, -0.2) is 39.9 Å². The van der Waals surface area contributed by atoms with Gasteiger partial charge in [-0.15, -0.1) is 0 Å². The number of aromatic amines is 6. The molecule has 16 nitrogen and oxygen atoms in total. The maximum atomic E-state index is 14.3. The molecule has 0 radical (unpaired) electrons. The molecular weight excluding hydrogens is 1350 g/mol. The van der Waals surface area contributed by atoms with Crippen LogP contribution in [0, 0.1) is 0 Å². The zero-order chi connectivity index (χ0) is 71.4. The first-order chi connectivity index (χ1) is 52.9. The monoisotopic (exact) mass is 1390 g/mol. The molecule has 0 aliphatic heterocycles. The van der Waals surface area contributed by atoms with Gasteiger partial charge in [-0.1, -0.05) is 170 Å². The molecule has 0 atom stereocenters. The summed E-state index contributed by atoms with van der Waals surface area (Å²) in [5.74, 6) is 0. The zero-order valence-electron chi connectivity index (χ0n) is 55.9. The summed E-state index contributed by atoms with van der Waals surface area (Å²) in [5, 5.41) is 19.5. The van der Waals surface area contributed by atoms with Gasteiger partial charge < -0.3 is 9.97 Å². The van der Waals surface area contributed by atoms with Crippen molar-refractivity contribution >= 4 is 216 Å². The number of H-pyrrole nitrogens is 6. The Hall–Kier alpha value is -15.2. The van der Waals surface area contributed by atoms with E-state index in [1.807, 2.05) is 121 Å². The molecule has 108 heavy (non-hydrogen) atoms. The SMILES string of the molecule is O=c1[nH]c(=O)c2ccc3c4c5nc(c(-c6ccccc6)c6[nH]c(c(-c7ccccc7)c7nc(c(-c8ccccc8)c8[nH]c(c5-c5ccccc5)c5c9ccc%10c(=O)[nH]c(=O)c%11ccc(c85)c9c%10%11)c5c8ccc9c(=O)[nH]c(=O)c%10ccc(c75)c8c%109)c5c7ccc8c(=O)[nH]c(=O)c9ccc(c65)c7c98)c4c4ccc1c2c43. The van der Waals surface area contributed by atoms with E-state index in [2.05, 4.69) is 78.4 Å². The number of benzene rings is 12. The standard InChI is InChI=1S/C92H42N8O8/c101-85-49-29-21-41-61-43(23-31-51(65(49)61)87(103)97-85)71-69(41)77-57(37-13-5-1-6-14-37)78-70-42-22-30-50-66-52(88(104)98-86(50)102)32-24-44(62(42)66)72(70)80(94-78)59(39-17-9-3-10-18-39)82-74-46-26-34-54-68-56(92(108)100-90(54)106)36-28-48(64(46)68)76(74)84(96-82)60(40-19-11-4-12-20-40)83-75-47-27-35-55-67-53(89(105)99-91(55)107)33-25-45(63(47)67)73(75)81(95-83)58(79(71)93-77)38-15-7-2-8-16-38/h1-36,93,96H,(H,97,101,103)(H,98,102,104)(H,99,105,107)(H,100,106,108). The number of hydrogen-bond acceptors (Lipinski definition) is 10. The molecule has 0 amide bonds. The van der Waals surface area contributed by atoms with Crippen molar-refractivity contribution < 1.29 is 0 Å².